The number of hydrogen-bond donors (Lipinski definition) is 1. The van der Waals surface area contributed by atoms with Crippen molar-refractivity contribution < 1.29 is 4.39 Å². The molecule has 1 saturated heterocycles. The minimum Gasteiger partial charge on any atom is -0.372 e. The molecule has 2 aliphatic rings. The lowest BCUT2D eigenvalue weighted by Gasteiger charge is -2.19. The number of fused-ring (bicyclic) bond motifs is 1. The van der Waals surface area contributed by atoms with E-state index < -0.39 is 11.4 Å². The second-order valence-corrected chi connectivity index (χ2v) is 8.10. The number of anilines is 3. The van der Waals surface area contributed by atoms with Crippen LogP contribution in [0.5, 0.6) is 0 Å². The Kier molecular flexibility index (Phi) is 4.70. The summed E-state index contributed by atoms with van der Waals surface area (Å²) in [6.45, 7) is 2.24. The normalized spacial score (nSPS) is 17.3. The van der Waals surface area contributed by atoms with Crippen LogP contribution in [0.3, 0.4) is 0 Å². The van der Waals surface area contributed by atoms with Gasteiger partial charge in [0.1, 0.15) is 5.82 Å². The highest BCUT2D eigenvalue weighted by Gasteiger charge is 2.22. The van der Waals surface area contributed by atoms with Crippen LogP contribution in [-0.4, -0.2) is 22.6 Å². The minimum atomic E-state index is -0.704. The Balaban J connectivity index is 1.47. The van der Waals surface area contributed by atoms with Gasteiger partial charge in [0.15, 0.2) is 5.82 Å². The monoisotopic (exact) mass is 392 g/mol. The minimum absolute atomic E-state index is 0.0655. The van der Waals surface area contributed by atoms with Crippen LogP contribution in [0.4, 0.5) is 21.6 Å². The van der Waals surface area contributed by atoms with Gasteiger partial charge < -0.3 is 14.8 Å². The number of halogens is 1. The van der Waals surface area contributed by atoms with Crippen molar-refractivity contribution in [3.8, 4) is 0 Å². The molecule has 3 aromatic rings. The van der Waals surface area contributed by atoms with Gasteiger partial charge in [0, 0.05) is 48.2 Å². The Morgan fingerprint density at radius 2 is 1.72 bits per heavy atom. The summed E-state index contributed by atoms with van der Waals surface area (Å²) in [7, 11) is 0. The fraction of sp³-hybridized carbons (Fsp3) is 0.391. The first-order valence-corrected chi connectivity index (χ1v) is 10.5. The summed E-state index contributed by atoms with van der Waals surface area (Å²) in [5.74, 6) is -0.0476. The summed E-state index contributed by atoms with van der Waals surface area (Å²) in [6, 6.07) is 11.6. The SMILES string of the molecule is O=c1c(F)cc2cnc(Nc3ccc(N4CCCC4)cc3)cc2n1C1CCCC1. The van der Waals surface area contributed by atoms with Crippen molar-refractivity contribution in [1.29, 1.82) is 0 Å². The molecular formula is C23H25FN4O. The van der Waals surface area contributed by atoms with Gasteiger partial charge in [-0.05, 0) is 56.0 Å². The predicted molar refractivity (Wildman–Crippen MR) is 115 cm³/mol. The van der Waals surface area contributed by atoms with E-state index in [1.807, 2.05) is 18.2 Å². The third-order valence-corrected chi connectivity index (χ3v) is 6.18. The summed E-state index contributed by atoms with van der Waals surface area (Å²) in [6.07, 6.45) is 8.14. The van der Waals surface area contributed by atoms with E-state index in [1.54, 1.807) is 10.8 Å². The van der Waals surface area contributed by atoms with Crippen LogP contribution in [-0.2, 0) is 0 Å². The lowest BCUT2D eigenvalue weighted by molar-refractivity contribution is 0.492. The number of benzene rings is 1. The maximum atomic E-state index is 14.2. The van der Waals surface area contributed by atoms with Gasteiger partial charge in [-0.1, -0.05) is 12.8 Å². The van der Waals surface area contributed by atoms with Crippen LogP contribution in [0, 0.1) is 5.82 Å². The molecule has 0 unspecified atom stereocenters. The third-order valence-electron chi connectivity index (χ3n) is 6.18. The van der Waals surface area contributed by atoms with Crippen molar-refractivity contribution in [2.24, 2.45) is 0 Å². The van der Waals surface area contributed by atoms with Gasteiger partial charge in [-0.3, -0.25) is 4.79 Å². The van der Waals surface area contributed by atoms with Crippen molar-refractivity contribution in [1.82, 2.24) is 9.55 Å². The molecule has 0 radical (unpaired) electrons. The number of pyridine rings is 2. The van der Waals surface area contributed by atoms with Crippen LogP contribution >= 0.6 is 0 Å². The second-order valence-electron chi connectivity index (χ2n) is 8.10. The van der Waals surface area contributed by atoms with Gasteiger partial charge in [0.25, 0.3) is 5.56 Å². The Bertz CT molecular complexity index is 1080. The first-order chi connectivity index (χ1) is 14.2. The summed E-state index contributed by atoms with van der Waals surface area (Å²) in [4.78, 5) is 19.4. The molecule has 0 atom stereocenters. The fourth-order valence-electron chi connectivity index (χ4n) is 4.67. The van der Waals surface area contributed by atoms with Crippen molar-refractivity contribution in [2.75, 3.05) is 23.3 Å². The molecule has 5 rings (SSSR count). The zero-order valence-corrected chi connectivity index (χ0v) is 16.4. The Morgan fingerprint density at radius 1 is 1.00 bits per heavy atom. The Labute approximate surface area is 169 Å². The van der Waals surface area contributed by atoms with E-state index in [9.17, 15) is 9.18 Å². The smallest absolute Gasteiger partial charge is 0.287 e. The largest absolute Gasteiger partial charge is 0.372 e. The van der Waals surface area contributed by atoms with Gasteiger partial charge in [0.2, 0.25) is 0 Å². The number of hydrogen-bond acceptors (Lipinski definition) is 4. The molecule has 1 aromatic carbocycles. The first kappa shape index (κ1) is 18.2. The van der Waals surface area contributed by atoms with E-state index in [0.29, 0.717) is 11.2 Å². The molecule has 0 spiro atoms. The molecule has 5 nitrogen and oxygen atoms in total. The molecule has 1 aliphatic heterocycles. The van der Waals surface area contributed by atoms with E-state index in [-0.39, 0.29) is 6.04 Å². The second kappa shape index (κ2) is 7.50. The zero-order chi connectivity index (χ0) is 19.8. The maximum Gasteiger partial charge on any atom is 0.287 e. The maximum absolute atomic E-state index is 14.2. The van der Waals surface area contributed by atoms with Crippen LogP contribution in [0.25, 0.3) is 10.9 Å². The quantitative estimate of drug-likeness (QED) is 0.679. The molecule has 29 heavy (non-hydrogen) atoms. The van der Waals surface area contributed by atoms with Gasteiger partial charge in [-0.25, -0.2) is 9.37 Å². The van der Waals surface area contributed by atoms with Gasteiger partial charge in [-0.15, -0.1) is 0 Å². The Hall–Kier alpha value is -2.89. The summed E-state index contributed by atoms with van der Waals surface area (Å²) in [5.41, 5.74) is 2.40. The molecule has 3 heterocycles. The predicted octanol–water partition coefficient (Wildman–Crippen LogP) is 4.99. The average Bonchev–Trinajstić information content (AvgIpc) is 3.44. The Morgan fingerprint density at radius 3 is 2.45 bits per heavy atom. The van der Waals surface area contributed by atoms with Crippen LogP contribution in [0.1, 0.15) is 44.6 Å². The number of rotatable bonds is 4. The summed E-state index contributed by atoms with van der Waals surface area (Å²) >= 11 is 0. The van der Waals surface area contributed by atoms with E-state index in [2.05, 4.69) is 27.3 Å². The molecule has 1 N–H and O–H groups in total. The van der Waals surface area contributed by atoms with Crippen molar-refractivity contribution in [3.05, 3.63) is 58.8 Å². The van der Waals surface area contributed by atoms with E-state index >= 15 is 0 Å². The van der Waals surface area contributed by atoms with Gasteiger partial charge in [-0.2, -0.15) is 0 Å². The van der Waals surface area contributed by atoms with Gasteiger partial charge in [0.05, 0.1) is 5.52 Å². The molecule has 150 valence electrons. The van der Waals surface area contributed by atoms with Crippen molar-refractivity contribution in [2.45, 2.75) is 44.6 Å². The van der Waals surface area contributed by atoms with E-state index in [1.165, 1.54) is 24.6 Å². The average molecular weight is 392 g/mol. The molecule has 2 aromatic heterocycles. The highest BCUT2D eigenvalue weighted by molar-refractivity contribution is 5.81. The molecule has 0 amide bonds. The third kappa shape index (κ3) is 3.48. The molecule has 2 fully saturated rings. The topological polar surface area (TPSA) is 50.2 Å². The lowest BCUT2D eigenvalue weighted by Crippen LogP contribution is -2.26. The van der Waals surface area contributed by atoms with Crippen LogP contribution in [0.2, 0.25) is 0 Å². The van der Waals surface area contributed by atoms with Crippen molar-refractivity contribution >= 4 is 28.1 Å². The highest BCUT2D eigenvalue weighted by Crippen LogP contribution is 2.32. The van der Waals surface area contributed by atoms with Crippen LogP contribution < -0.4 is 15.8 Å². The zero-order valence-electron chi connectivity index (χ0n) is 16.4. The number of nitrogens with zero attached hydrogens (tertiary/aromatic N) is 3. The summed E-state index contributed by atoms with van der Waals surface area (Å²) in [5, 5.41) is 3.98. The molecule has 6 heteroatoms. The lowest BCUT2D eigenvalue weighted by atomic mass is 10.2. The standard InChI is InChI=1S/C23H25FN4O/c24-20-13-16-15-25-22(14-21(16)28(23(20)29)19-5-1-2-6-19)26-17-7-9-18(10-8-17)27-11-3-4-12-27/h7-10,13-15,19H,1-6,11-12H2,(H,25,26). The van der Waals surface area contributed by atoms with E-state index in [0.717, 1.165) is 50.0 Å². The summed E-state index contributed by atoms with van der Waals surface area (Å²) < 4.78 is 15.8. The molecule has 1 saturated carbocycles. The van der Waals surface area contributed by atoms with Crippen LogP contribution in [0.15, 0.2) is 47.4 Å². The highest BCUT2D eigenvalue weighted by atomic mass is 19.1. The molecule has 1 aliphatic carbocycles. The van der Waals surface area contributed by atoms with Gasteiger partial charge >= 0.3 is 0 Å². The molecular weight excluding hydrogens is 367 g/mol. The fourth-order valence-corrected chi connectivity index (χ4v) is 4.67. The number of aromatic nitrogens is 2. The molecule has 0 bridgehead atoms. The first-order valence-electron chi connectivity index (χ1n) is 10.5. The number of nitrogens with one attached hydrogen (secondary N) is 1. The van der Waals surface area contributed by atoms with E-state index in [4.69, 9.17) is 0 Å². The van der Waals surface area contributed by atoms with Crippen molar-refractivity contribution in [3.63, 3.8) is 0 Å².